The molecule has 0 unspecified atom stereocenters. The Morgan fingerprint density at radius 1 is 1.06 bits per heavy atom. The number of unbranched alkanes of at least 4 members (excludes halogenated alkanes) is 2. The van der Waals surface area contributed by atoms with Crippen molar-refractivity contribution in [2.75, 3.05) is 31.9 Å². The molecule has 0 saturated heterocycles. The number of hydroxylamine groups is 2. The maximum Gasteiger partial charge on any atom is 0.311 e. The standard InChI is InChI=1S/C24H29F2I2N3OS/c25-24(26,28)17-31(32)16-23(12-6-1-7-15-33-22(27)30-14-13-29)20-10-4-2-8-18(20)19-9-3-5-11-21(19)23/h2-5,8-11,32H,1,6-7,12-17,29H2. The first kappa shape index (κ1) is 27.3. The minimum Gasteiger partial charge on any atom is -0.329 e. The summed E-state index contributed by atoms with van der Waals surface area (Å²) in [5.41, 5.74) is 9.46. The Morgan fingerprint density at radius 2 is 1.67 bits per heavy atom. The molecule has 0 aliphatic heterocycles. The van der Waals surface area contributed by atoms with Crippen LogP contribution in [0.5, 0.6) is 0 Å². The van der Waals surface area contributed by atoms with E-state index in [2.05, 4.69) is 51.8 Å². The van der Waals surface area contributed by atoms with Crippen molar-refractivity contribution in [3.05, 3.63) is 59.7 Å². The normalized spacial score (nSPS) is 15.1. The number of rotatable bonds is 12. The van der Waals surface area contributed by atoms with Crippen LogP contribution in [0.2, 0.25) is 0 Å². The summed E-state index contributed by atoms with van der Waals surface area (Å²) < 4.78 is 25.4. The van der Waals surface area contributed by atoms with Crippen LogP contribution in [0.3, 0.4) is 0 Å². The first-order valence-corrected chi connectivity index (χ1v) is 14.1. The van der Waals surface area contributed by atoms with Gasteiger partial charge in [-0.3, -0.25) is 4.99 Å². The minimum absolute atomic E-state index is 0.137. The predicted octanol–water partition coefficient (Wildman–Crippen LogP) is 6.72. The lowest BCUT2D eigenvalue weighted by atomic mass is 9.74. The molecule has 0 heterocycles. The molecular weight excluding hydrogens is 670 g/mol. The largest absolute Gasteiger partial charge is 0.329 e. The fraction of sp³-hybridized carbons (Fsp3) is 0.458. The van der Waals surface area contributed by atoms with Gasteiger partial charge in [0.25, 0.3) is 0 Å². The topological polar surface area (TPSA) is 61.8 Å². The van der Waals surface area contributed by atoms with Crippen LogP contribution in [0, 0.1) is 0 Å². The number of benzene rings is 2. The molecule has 0 spiro atoms. The highest BCUT2D eigenvalue weighted by atomic mass is 127. The highest BCUT2D eigenvalue weighted by molar-refractivity contribution is 14.1. The Hall–Kier alpha value is -0.340. The zero-order chi connectivity index (χ0) is 23.9. The van der Waals surface area contributed by atoms with E-state index in [1.165, 1.54) is 0 Å². The Kier molecular flexibility index (Phi) is 10.4. The van der Waals surface area contributed by atoms with Gasteiger partial charge >= 0.3 is 3.93 Å². The predicted molar refractivity (Wildman–Crippen MR) is 151 cm³/mol. The van der Waals surface area contributed by atoms with Gasteiger partial charge in [0, 0.05) is 41.1 Å². The zero-order valence-electron chi connectivity index (χ0n) is 18.3. The number of halogens is 4. The summed E-state index contributed by atoms with van der Waals surface area (Å²) in [6.07, 6.45) is 3.79. The molecule has 0 aromatic heterocycles. The lowest BCUT2D eigenvalue weighted by Gasteiger charge is -2.35. The van der Waals surface area contributed by atoms with E-state index in [0.717, 1.165) is 84.4 Å². The second-order valence-corrected chi connectivity index (χ2v) is 12.6. The van der Waals surface area contributed by atoms with Crippen LogP contribution in [0.1, 0.15) is 36.8 Å². The van der Waals surface area contributed by atoms with Crippen molar-refractivity contribution < 1.29 is 14.0 Å². The number of fused-ring (bicyclic) bond motifs is 3. The highest BCUT2D eigenvalue weighted by Crippen LogP contribution is 2.51. The second-order valence-electron chi connectivity index (χ2n) is 8.19. The number of nitrogens with zero attached hydrogens (tertiary/aromatic N) is 2. The third-order valence-corrected chi connectivity index (χ3v) is 8.30. The fourth-order valence-corrected chi connectivity index (χ4v) is 6.56. The number of aliphatic imine (C=N–C) groups is 1. The van der Waals surface area contributed by atoms with Gasteiger partial charge < -0.3 is 10.9 Å². The molecule has 0 atom stereocenters. The summed E-state index contributed by atoms with van der Waals surface area (Å²) >= 11 is 5.07. The van der Waals surface area contributed by atoms with Crippen molar-refractivity contribution >= 4 is 60.0 Å². The summed E-state index contributed by atoms with van der Waals surface area (Å²) in [6.45, 7) is 0.652. The van der Waals surface area contributed by atoms with Crippen molar-refractivity contribution in [2.45, 2.75) is 35.0 Å². The van der Waals surface area contributed by atoms with Gasteiger partial charge in [0.15, 0.2) is 0 Å². The Labute approximate surface area is 226 Å². The van der Waals surface area contributed by atoms with Gasteiger partial charge in [-0.25, -0.2) is 0 Å². The van der Waals surface area contributed by atoms with E-state index in [9.17, 15) is 14.0 Å². The zero-order valence-corrected chi connectivity index (χ0v) is 23.5. The van der Waals surface area contributed by atoms with Crippen LogP contribution in [-0.4, -0.2) is 49.2 Å². The van der Waals surface area contributed by atoms with E-state index in [-0.39, 0.29) is 6.54 Å². The molecule has 3 rings (SSSR count). The lowest BCUT2D eigenvalue weighted by molar-refractivity contribution is -0.133. The first-order chi connectivity index (χ1) is 15.8. The molecule has 1 aliphatic rings. The summed E-state index contributed by atoms with van der Waals surface area (Å²) in [7, 11) is 0. The molecule has 2 aromatic rings. The quantitative estimate of drug-likeness (QED) is 0.0646. The summed E-state index contributed by atoms with van der Waals surface area (Å²) in [6, 6.07) is 16.3. The molecule has 0 saturated carbocycles. The Balaban J connectivity index is 1.76. The monoisotopic (exact) mass is 699 g/mol. The van der Waals surface area contributed by atoms with Crippen LogP contribution in [0.25, 0.3) is 11.1 Å². The number of hydrogen-bond acceptors (Lipinski definition) is 5. The second kappa shape index (κ2) is 12.6. The summed E-state index contributed by atoms with van der Waals surface area (Å²) in [4.78, 5) is 4.39. The van der Waals surface area contributed by atoms with Crippen molar-refractivity contribution in [1.29, 1.82) is 0 Å². The maximum absolute atomic E-state index is 13.7. The number of alkyl halides is 3. The molecule has 0 radical (unpaired) electrons. The third kappa shape index (κ3) is 7.33. The molecule has 0 fully saturated rings. The molecule has 3 N–H and O–H groups in total. The molecule has 9 heteroatoms. The van der Waals surface area contributed by atoms with Gasteiger partial charge in [-0.2, -0.15) is 13.8 Å². The van der Waals surface area contributed by atoms with Crippen molar-refractivity contribution in [3.63, 3.8) is 0 Å². The third-order valence-electron chi connectivity index (χ3n) is 5.82. The molecule has 1 aliphatic carbocycles. The number of nitrogens with two attached hydrogens (primary N) is 1. The van der Waals surface area contributed by atoms with Crippen molar-refractivity contribution in [2.24, 2.45) is 10.7 Å². The van der Waals surface area contributed by atoms with Crippen LogP contribution >= 0.6 is 56.9 Å². The fourth-order valence-electron chi connectivity index (χ4n) is 4.57. The van der Waals surface area contributed by atoms with E-state index in [0.29, 0.717) is 13.1 Å². The number of thioether (sulfide) groups is 1. The van der Waals surface area contributed by atoms with Gasteiger partial charge in [0.1, 0.15) is 3.05 Å². The van der Waals surface area contributed by atoms with Gasteiger partial charge in [-0.05, 0) is 63.4 Å². The van der Waals surface area contributed by atoms with E-state index < -0.39 is 15.9 Å². The maximum atomic E-state index is 13.7. The molecule has 33 heavy (non-hydrogen) atoms. The first-order valence-electron chi connectivity index (χ1n) is 11.0. The average molecular weight is 699 g/mol. The van der Waals surface area contributed by atoms with Gasteiger partial charge in [0.05, 0.1) is 13.1 Å². The highest BCUT2D eigenvalue weighted by Gasteiger charge is 2.44. The van der Waals surface area contributed by atoms with Crippen molar-refractivity contribution in [3.8, 4) is 11.1 Å². The van der Waals surface area contributed by atoms with Crippen LogP contribution < -0.4 is 5.73 Å². The molecule has 0 bridgehead atoms. The Bertz CT molecular complexity index is 910. The molecule has 2 aromatic carbocycles. The van der Waals surface area contributed by atoms with E-state index in [4.69, 9.17) is 5.73 Å². The lowest BCUT2D eigenvalue weighted by Crippen LogP contribution is -2.42. The van der Waals surface area contributed by atoms with Crippen LogP contribution in [0.4, 0.5) is 8.78 Å². The summed E-state index contributed by atoms with van der Waals surface area (Å²) in [5.74, 6) is 0.986. The Morgan fingerprint density at radius 3 is 2.24 bits per heavy atom. The molecule has 0 amide bonds. The van der Waals surface area contributed by atoms with Crippen LogP contribution in [-0.2, 0) is 5.41 Å². The number of hydrogen-bond donors (Lipinski definition) is 2. The minimum atomic E-state index is -2.99. The van der Waals surface area contributed by atoms with Gasteiger partial charge in [0.2, 0.25) is 0 Å². The van der Waals surface area contributed by atoms with E-state index in [1.54, 1.807) is 11.8 Å². The van der Waals surface area contributed by atoms with E-state index >= 15 is 0 Å². The van der Waals surface area contributed by atoms with E-state index in [1.807, 2.05) is 24.3 Å². The summed E-state index contributed by atoms with van der Waals surface area (Å²) in [5, 5.41) is 11.4. The smallest absolute Gasteiger partial charge is 0.311 e. The van der Waals surface area contributed by atoms with Gasteiger partial charge in [-0.15, -0.1) is 11.8 Å². The average Bonchev–Trinajstić information content (AvgIpc) is 3.04. The van der Waals surface area contributed by atoms with Crippen molar-refractivity contribution in [1.82, 2.24) is 5.06 Å². The SMILES string of the molecule is NCCN=C(I)SCCCCCC1(CN(O)CC(F)(F)I)c2ccccc2-c2ccccc21. The molecule has 4 nitrogen and oxygen atoms in total. The molecular formula is C24H29F2I2N3OS. The van der Waals surface area contributed by atoms with Crippen LogP contribution in [0.15, 0.2) is 53.5 Å². The molecule has 180 valence electrons. The van der Waals surface area contributed by atoms with Gasteiger partial charge in [-0.1, -0.05) is 61.4 Å².